The van der Waals surface area contributed by atoms with Gasteiger partial charge in [-0.3, -0.25) is 14.4 Å². The van der Waals surface area contributed by atoms with Crippen molar-refractivity contribution >= 4 is 17.9 Å². The second-order valence-corrected chi connectivity index (χ2v) is 15.6. The van der Waals surface area contributed by atoms with E-state index in [0.717, 1.165) is 83.5 Å². The second kappa shape index (κ2) is 45.1. The highest BCUT2D eigenvalue weighted by Gasteiger charge is 2.19. The molecule has 0 amide bonds. The van der Waals surface area contributed by atoms with Gasteiger partial charge in [0.1, 0.15) is 13.2 Å². The molecule has 6 nitrogen and oxygen atoms in total. The quantitative estimate of drug-likeness (QED) is 0.0265. The molecular formula is C50H88O6. The lowest BCUT2D eigenvalue weighted by Gasteiger charge is -2.18. The van der Waals surface area contributed by atoms with Crippen molar-refractivity contribution in [3.05, 3.63) is 48.6 Å². The molecule has 1 atom stereocenters. The lowest BCUT2D eigenvalue weighted by molar-refractivity contribution is -0.167. The molecule has 0 N–H and O–H groups in total. The first-order valence-electron chi connectivity index (χ1n) is 23.6. The van der Waals surface area contributed by atoms with Crippen molar-refractivity contribution in [2.75, 3.05) is 13.2 Å². The van der Waals surface area contributed by atoms with Crippen molar-refractivity contribution in [2.45, 2.75) is 239 Å². The molecule has 56 heavy (non-hydrogen) atoms. The molecule has 0 bridgehead atoms. The standard InChI is InChI=1S/C50H88O6/c1-4-7-10-13-16-19-21-23-24-25-26-27-29-31-34-37-40-43-49(52)55-46-47(45-54-48(51)42-39-36-33-30-18-15-12-9-6-3)56-50(53)44-41-38-35-32-28-22-20-17-14-11-8-5-2/h8,11,17,20,23-24,30,33,47H,4-7,9-10,12-16,18-19,21-22,25-29,31-32,34-46H2,1-3H3/b11-8-,20-17-,24-23-,33-30-. The zero-order valence-electron chi connectivity index (χ0n) is 36.9. The van der Waals surface area contributed by atoms with Gasteiger partial charge in [0.05, 0.1) is 0 Å². The molecule has 0 saturated carbocycles. The Morgan fingerprint density at radius 3 is 1.18 bits per heavy atom. The van der Waals surface area contributed by atoms with E-state index in [0.29, 0.717) is 25.7 Å². The molecule has 0 aliphatic carbocycles. The first-order chi connectivity index (χ1) is 27.5. The maximum absolute atomic E-state index is 12.7. The molecule has 0 aromatic heterocycles. The third-order valence-electron chi connectivity index (χ3n) is 10.0. The minimum atomic E-state index is -0.789. The highest BCUT2D eigenvalue weighted by Crippen LogP contribution is 2.13. The SMILES string of the molecule is CC/C=C\C/C=C\CCCCCCCC(=O)OC(COC(=O)CCC/C=C\CCCCCC)COC(=O)CCCCCCCCC/C=C\CCCCCCCC. The molecule has 0 fully saturated rings. The normalized spacial score (nSPS) is 12.4. The van der Waals surface area contributed by atoms with Crippen molar-refractivity contribution in [2.24, 2.45) is 0 Å². The van der Waals surface area contributed by atoms with Crippen LogP contribution in [-0.2, 0) is 28.6 Å². The van der Waals surface area contributed by atoms with E-state index in [4.69, 9.17) is 14.2 Å². The van der Waals surface area contributed by atoms with Crippen LogP contribution >= 0.6 is 0 Å². The van der Waals surface area contributed by atoms with Gasteiger partial charge in [0, 0.05) is 19.3 Å². The van der Waals surface area contributed by atoms with Gasteiger partial charge in [-0.25, -0.2) is 0 Å². The zero-order chi connectivity index (χ0) is 40.8. The highest BCUT2D eigenvalue weighted by molar-refractivity contribution is 5.71. The number of unbranched alkanes of at least 4 members (excludes halogenated alkanes) is 23. The molecule has 0 saturated heterocycles. The third-order valence-corrected chi connectivity index (χ3v) is 10.0. The first-order valence-corrected chi connectivity index (χ1v) is 23.6. The third kappa shape index (κ3) is 42.5. The Morgan fingerprint density at radius 2 is 0.714 bits per heavy atom. The second-order valence-electron chi connectivity index (χ2n) is 15.6. The molecule has 324 valence electrons. The van der Waals surface area contributed by atoms with E-state index in [9.17, 15) is 14.4 Å². The van der Waals surface area contributed by atoms with E-state index < -0.39 is 6.10 Å². The summed E-state index contributed by atoms with van der Waals surface area (Å²) in [6.07, 6.45) is 52.5. The van der Waals surface area contributed by atoms with E-state index in [-0.39, 0.29) is 31.1 Å². The van der Waals surface area contributed by atoms with Gasteiger partial charge in [0.15, 0.2) is 6.10 Å². The Labute approximate surface area is 346 Å². The highest BCUT2D eigenvalue weighted by atomic mass is 16.6. The summed E-state index contributed by atoms with van der Waals surface area (Å²) in [7, 11) is 0. The predicted octanol–water partition coefficient (Wildman–Crippen LogP) is 15.1. The van der Waals surface area contributed by atoms with Gasteiger partial charge in [-0.2, -0.15) is 0 Å². The van der Waals surface area contributed by atoms with Gasteiger partial charge in [-0.1, -0.05) is 172 Å². The average Bonchev–Trinajstić information content (AvgIpc) is 3.19. The fourth-order valence-electron chi connectivity index (χ4n) is 6.48. The number of allylic oxidation sites excluding steroid dienone is 8. The lowest BCUT2D eigenvalue weighted by atomic mass is 10.1. The Hall–Kier alpha value is -2.63. The summed E-state index contributed by atoms with van der Waals surface area (Å²) >= 11 is 0. The number of carbonyl (C=O) groups excluding carboxylic acids is 3. The molecule has 0 spiro atoms. The van der Waals surface area contributed by atoms with E-state index in [1.54, 1.807) is 0 Å². The Kier molecular flexibility index (Phi) is 43.0. The number of hydrogen-bond acceptors (Lipinski definition) is 6. The van der Waals surface area contributed by atoms with Crippen molar-refractivity contribution < 1.29 is 28.6 Å². The van der Waals surface area contributed by atoms with Crippen LogP contribution in [-0.4, -0.2) is 37.2 Å². The van der Waals surface area contributed by atoms with E-state index in [1.165, 1.54) is 103 Å². The van der Waals surface area contributed by atoms with E-state index in [2.05, 4.69) is 69.4 Å². The van der Waals surface area contributed by atoms with Crippen molar-refractivity contribution in [1.29, 1.82) is 0 Å². The monoisotopic (exact) mass is 785 g/mol. The molecule has 6 heteroatoms. The van der Waals surface area contributed by atoms with Crippen molar-refractivity contribution in [1.82, 2.24) is 0 Å². The van der Waals surface area contributed by atoms with Gasteiger partial charge in [-0.15, -0.1) is 0 Å². The van der Waals surface area contributed by atoms with Crippen LogP contribution in [0.1, 0.15) is 233 Å². The van der Waals surface area contributed by atoms with Gasteiger partial charge >= 0.3 is 17.9 Å². The van der Waals surface area contributed by atoms with Crippen LogP contribution in [0.15, 0.2) is 48.6 Å². The molecular weight excluding hydrogens is 697 g/mol. The summed E-state index contributed by atoms with van der Waals surface area (Å²) in [5.74, 6) is -0.946. The minimum Gasteiger partial charge on any atom is -0.462 e. The van der Waals surface area contributed by atoms with Crippen LogP contribution in [0, 0.1) is 0 Å². The molecule has 0 heterocycles. The van der Waals surface area contributed by atoms with Crippen molar-refractivity contribution in [3.63, 3.8) is 0 Å². The van der Waals surface area contributed by atoms with Crippen LogP contribution in [0.25, 0.3) is 0 Å². The fraction of sp³-hybridized carbons (Fsp3) is 0.780. The van der Waals surface area contributed by atoms with Crippen LogP contribution < -0.4 is 0 Å². The largest absolute Gasteiger partial charge is 0.462 e. The maximum atomic E-state index is 12.7. The van der Waals surface area contributed by atoms with E-state index in [1.807, 2.05) is 0 Å². The maximum Gasteiger partial charge on any atom is 0.306 e. The average molecular weight is 785 g/mol. The first kappa shape index (κ1) is 53.4. The zero-order valence-corrected chi connectivity index (χ0v) is 36.9. The Bertz CT molecular complexity index is 996. The molecule has 0 aliphatic rings. The predicted molar refractivity (Wildman–Crippen MR) is 238 cm³/mol. The van der Waals surface area contributed by atoms with Gasteiger partial charge in [0.25, 0.3) is 0 Å². The minimum absolute atomic E-state index is 0.0895. The van der Waals surface area contributed by atoms with Crippen LogP contribution in [0.4, 0.5) is 0 Å². The summed E-state index contributed by atoms with van der Waals surface area (Å²) in [6.45, 7) is 6.44. The lowest BCUT2D eigenvalue weighted by Crippen LogP contribution is -2.30. The topological polar surface area (TPSA) is 78.9 Å². The summed E-state index contributed by atoms with van der Waals surface area (Å²) in [4.78, 5) is 37.7. The summed E-state index contributed by atoms with van der Waals surface area (Å²) < 4.78 is 16.7. The number of ether oxygens (including phenoxy) is 3. The number of carbonyl (C=O) groups is 3. The van der Waals surface area contributed by atoms with Gasteiger partial charge in [0.2, 0.25) is 0 Å². The van der Waals surface area contributed by atoms with Crippen LogP contribution in [0.2, 0.25) is 0 Å². The molecule has 0 radical (unpaired) electrons. The molecule has 1 unspecified atom stereocenters. The van der Waals surface area contributed by atoms with Gasteiger partial charge < -0.3 is 14.2 Å². The Morgan fingerprint density at radius 1 is 0.375 bits per heavy atom. The smallest absolute Gasteiger partial charge is 0.306 e. The molecule has 0 aromatic rings. The number of hydrogen-bond donors (Lipinski definition) is 0. The summed E-state index contributed by atoms with van der Waals surface area (Å²) in [6, 6.07) is 0. The van der Waals surface area contributed by atoms with Crippen LogP contribution in [0.3, 0.4) is 0 Å². The van der Waals surface area contributed by atoms with E-state index >= 15 is 0 Å². The van der Waals surface area contributed by atoms with Crippen LogP contribution in [0.5, 0.6) is 0 Å². The fourth-order valence-corrected chi connectivity index (χ4v) is 6.48. The molecule has 0 aliphatic heterocycles. The summed E-state index contributed by atoms with van der Waals surface area (Å²) in [5.41, 5.74) is 0. The Balaban J connectivity index is 4.35. The summed E-state index contributed by atoms with van der Waals surface area (Å²) in [5, 5.41) is 0. The number of esters is 3. The van der Waals surface area contributed by atoms with Gasteiger partial charge in [-0.05, 0) is 89.9 Å². The van der Waals surface area contributed by atoms with Crippen molar-refractivity contribution in [3.8, 4) is 0 Å². The number of rotatable bonds is 42. The molecule has 0 rings (SSSR count). The molecule has 0 aromatic carbocycles.